The number of hydrogen-bond donors (Lipinski definition) is 1. The molecule has 0 spiro atoms. The van der Waals surface area contributed by atoms with E-state index in [2.05, 4.69) is 20.5 Å². The summed E-state index contributed by atoms with van der Waals surface area (Å²) in [5, 5.41) is 12.3. The van der Waals surface area contributed by atoms with Crippen molar-refractivity contribution in [1.82, 2.24) is 25.1 Å². The highest BCUT2D eigenvalue weighted by Gasteiger charge is 2.18. The molecule has 3 aromatic heterocycles. The van der Waals surface area contributed by atoms with Gasteiger partial charge in [-0.2, -0.15) is 0 Å². The monoisotopic (exact) mass is 485 g/mol. The van der Waals surface area contributed by atoms with Crippen LogP contribution in [0.4, 0.5) is 4.39 Å². The lowest BCUT2D eigenvalue weighted by molar-refractivity contribution is 0.0947. The van der Waals surface area contributed by atoms with Gasteiger partial charge in [-0.15, -0.1) is 10.2 Å². The van der Waals surface area contributed by atoms with Crippen molar-refractivity contribution in [3.63, 3.8) is 0 Å². The molecule has 1 N–H and O–H groups in total. The molecule has 0 aliphatic carbocycles. The molecule has 174 valence electrons. The van der Waals surface area contributed by atoms with Crippen molar-refractivity contribution in [2.24, 2.45) is 0 Å². The van der Waals surface area contributed by atoms with Gasteiger partial charge in [-0.3, -0.25) is 14.3 Å². The third-order valence-electron chi connectivity index (χ3n) is 5.26. The summed E-state index contributed by atoms with van der Waals surface area (Å²) in [5.41, 5.74) is 2.94. The number of rotatable bonds is 8. The molecule has 0 aliphatic rings. The minimum atomic E-state index is -0.326. The van der Waals surface area contributed by atoms with Crippen molar-refractivity contribution < 1.29 is 13.6 Å². The van der Waals surface area contributed by atoms with Crippen molar-refractivity contribution >= 4 is 17.7 Å². The summed E-state index contributed by atoms with van der Waals surface area (Å²) < 4.78 is 20.7. The van der Waals surface area contributed by atoms with Crippen LogP contribution < -0.4 is 5.32 Å². The minimum Gasteiger partial charge on any atom is -0.467 e. The summed E-state index contributed by atoms with van der Waals surface area (Å²) >= 11 is 1.44. The average Bonchev–Trinajstić information content (AvgIpc) is 3.57. The molecule has 0 atom stereocenters. The number of furan rings is 1. The second kappa shape index (κ2) is 10.4. The van der Waals surface area contributed by atoms with Gasteiger partial charge in [-0.25, -0.2) is 4.39 Å². The molecule has 2 aromatic carbocycles. The normalized spacial score (nSPS) is 10.9. The Morgan fingerprint density at radius 1 is 1.00 bits per heavy atom. The molecule has 7 nitrogen and oxygen atoms in total. The molecule has 0 radical (unpaired) electrons. The second-order valence-electron chi connectivity index (χ2n) is 7.57. The first-order valence-corrected chi connectivity index (χ1v) is 11.8. The number of benzene rings is 2. The van der Waals surface area contributed by atoms with Gasteiger partial charge in [-0.1, -0.05) is 30.0 Å². The Balaban J connectivity index is 1.41. The van der Waals surface area contributed by atoms with Gasteiger partial charge in [-0.05, 0) is 60.2 Å². The van der Waals surface area contributed by atoms with E-state index in [-0.39, 0.29) is 11.7 Å². The lowest BCUT2D eigenvalue weighted by Crippen LogP contribution is -2.23. The predicted octanol–water partition coefficient (Wildman–Crippen LogP) is 5.28. The van der Waals surface area contributed by atoms with E-state index in [0.717, 1.165) is 16.8 Å². The summed E-state index contributed by atoms with van der Waals surface area (Å²) in [4.78, 5) is 17.0. The second-order valence-corrected chi connectivity index (χ2v) is 8.51. The predicted molar refractivity (Wildman–Crippen MR) is 130 cm³/mol. The van der Waals surface area contributed by atoms with E-state index in [1.807, 2.05) is 41.0 Å². The molecule has 0 saturated heterocycles. The molecule has 0 bridgehead atoms. The lowest BCUT2D eigenvalue weighted by atomic mass is 10.1. The fraction of sp³-hybridized carbons (Fsp3) is 0.0769. The summed E-state index contributed by atoms with van der Waals surface area (Å²) in [6.07, 6.45) is 4.96. The third kappa shape index (κ3) is 5.15. The van der Waals surface area contributed by atoms with E-state index in [0.29, 0.717) is 34.6 Å². The Morgan fingerprint density at radius 3 is 2.63 bits per heavy atom. The smallest absolute Gasteiger partial charge is 0.251 e. The maximum Gasteiger partial charge on any atom is 0.251 e. The number of nitrogens with one attached hydrogen (secondary N) is 1. The molecular formula is C26H20FN5O2S. The molecule has 9 heteroatoms. The zero-order valence-electron chi connectivity index (χ0n) is 18.5. The topological polar surface area (TPSA) is 85.8 Å². The van der Waals surface area contributed by atoms with E-state index < -0.39 is 0 Å². The average molecular weight is 486 g/mol. The summed E-state index contributed by atoms with van der Waals surface area (Å²) in [7, 11) is 0. The summed E-state index contributed by atoms with van der Waals surface area (Å²) in [6.45, 7) is 0.306. The van der Waals surface area contributed by atoms with Crippen molar-refractivity contribution in [1.29, 1.82) is 0 Å². The maximum absolute atomic E-state index is 13.6. The van der Waals surface area contributed by atoms with Gasteiger partial charge >= 0.3 is 0 Å². The van der Waals surface area contributed by atoms with Gasteiger partial charge in [0.25, 0.3) is 5.91 Å². The first-order chi connectivity index (χ1) is 17.2. The molecule has 35 heavy (non-hydrogen) atoms. The Hall–Kier alpha value is -4.24. The minimum absolute atomic E-state index is 0.186. The highest BCUT2D eigenvalue weighted by molar-refractivity contribution is 7.98. The third-order valence-corrected chi connectivity index (χ3v) is 6.24. The highest BCUT2D eigenvalue weighted by Crippen LogP contribution is 2.30. The molecular weight excluding hydrogens is 465 g/mol. The Kier molecular flexibility index (Phi) is 6.67. The first kappa shape index (κ1) is 22.5. The number of amides is 1. The lowest BCUT2D eigenvalue weighted by Gasteiger charge is -2.12. The number of thioether (sulfide) groups is 1. The zero-order chi connectivity index (χ0) is 24.0. The quantitative estimate of drug-likeness (QED) is 0.301. The molecule has 5 rings (SSSR count). The number of carbonyl (C=O) groups excluding carboxylic acids is 1. The van der Waals surface area contributed by atoms with Gasteiger partial charge in [0.2, 0.25) is 0 Å². The number of halogens is 1. The standard InChI is InChI=1S/C26H20FN5O2S/c27-20-9-11-21(12-10-20)32-24(18-6-3-13-28-15-18)30-31-26(32)35-17-19-5-1-2-8-23(19)25(33)29-16-22-7-4-14-34-22/h1-15H,16-17H2,(H,29,33). The van der Waals surface area contributed by atoms with E-state index in [1.165, 1.54) is 23.9 Å². The summed E-state index contributed by atoms with van der Waals surface area (Å²) in [5.74, 6) is 1.25. The van der Waals surface area contributed by atoms with E-state index in [1.54, 1.807) is 42.9 Å². The molecule has 0 fully saturated rings. The van der Waals surface area contributed by atoms with Crippen LogP contribution in [0.2, 0.25) is 0 Å². The summed E-state index contributed by atoms with van der Waals surface area (Å²) in [6, 6.07) is 20.9. The van der Waals surface area contributed by atoms with E-state index in [9.17, 15) is 9.18 Å². The molecule has 0 aliphatic heterocycles. The number of carbonyl (C=O) groups is 1. The van der Waals surface area contributed by atoms with Crippen LogP contribution in [0.1, 0.15) is 21.7 Å². The molecule has 0 unspecified atom stereocenters. The van der Waals surface area contributed by atoms with Gasteiger partial charge in [0.15, 0.2) is 11.0 Å². The Bertz CT molecular complexity index is 1420. The Labute approximate surface area is 205 Å². The number of aromatic nitrogens is 4. The fourth-order valence-corrected chi connectivity index (χ4v) is 4.51. The van der Waals surface area contributed by atoms with Crippen molar-refractivity contribution in [3.05, 3.63) is 114 Å². The van der Waals surface area contributed by atoms with Crippen LogP contribution >= 0.6 is 11.8 Å². The molecule has 5 aromatic rings. The van der Waals surface area contributed by atoms with Gasteiger partial charge in [0, 0.05) is 35.0 Å². The van der Waals surface area contributed by atoms with Gasteiger partial charge in [0.05, 0.1) is 12.8 Å². The molecule has 3 heterocycles. The van der Waals surface area contributed by atoms with E-state index >= 15 is 0 Å². The van der Waals surface area contributed by atoms with Crippen molar-refractivity contribution in [3.8, 4) is 17.1 Å². The maximum atomic E-state index is 13.6. The van der Waals surface area contributed by atoms with E-state index in [4.69, 9.17) is 4.42 Å². The zero-order valence-corrected chi connectivity index (χ0v) is 19.3. The number of hydrogen-bond acceptors (Lipinski definition) is 6. The van der Waals surface area contributed by atoms with Crippen LogP contribution in [-0.4, -0.2) is 25.7 Å². The Morgan fingerprint density at radius 2 is 1.86 bits per heavy atom. The SMILES string of the molecule is O=C(NCc1ccco1)c1ccccc1CSc1nnc(-c2cccnc2)n1-c1ccc(F)cc1. The van der Waals surface area contributed by atoms with Crippen molar-refractivity contribution in [2.75, 3.05) is 0 Å². The van der Waals surface area contributed by atoms with Crippen LogP contribution in [0.3, 0.4) is 0 Å². The fourth-order valence-electron chi connectivity index (χ4n) is 3.55. The van der Waals surface area contributed by atoms with Crippen LogP contribution in [0.5, 0.6) is 0 Å². The van der Waals surface area contributed by atoms with Crippen LogP contribution in [0.15, 0.2) is 101 Å². The highest BCUT2D eigenvalue weighted by atomic mass is 32.2. The van der Waals surface area contributed by atoms with Gasteiger partial charge < -0.3 is 9.73 Å². The molecule has 0 saturated carbocycles. The number of pyridine rings is 1. The van der Waals surface area contributed by atoms with Crippen molar-refractivity contribution in [2.45, 2.75) is 17.5 Å². The van der Waals surface area contributed by atoms with Crippen LogP contribution in [-0.2, 0) is 12.3 Å². The van der Waals surface area contributed by atoms with Gasteiger partial charge in [0.1, 0.15) is 11.6 Å². The number of nitrogens with zero attached hydrogens (tertiary/aromatic N) is 4. The first-order valence-electron chi connectivity index (χ1n) is 10.8. The molecule has 1 amide bonds. The van der Waals surface area contributed by atoms with Crippen LogP contribution in [0.25, 0.3) is 17.1 Å². The largest absolute Gasteiger partial charge is 0.467 e. The van der Waals surface area contributed by atoms with Crippen LogP contribution in [0, 0.1) is 5.82 Å².